The minimum Gasteiger partial charge on any atom is -0.477 e. The maximum Gasteiger partial charge on any atom is 0.352 e. The van der Waals surface area contributed by atoms with Gasteiger partial charge in [0.2, 0.25) is 0 Å². The molecule has 10 heteroatoms. The van der Waals surface area contributed by atoms with Gasteiger partial charge < -0.3 is 15.2 Å². The van der Waals surface area contributed by atoms with Crippen LogP contribution in [-0.2, 0) is 19.1 Å². The third kappa shape index (κ3) is 3.57. The molecule has 0 radical (unpaired) electrons. The number of nitrogens with zero attached hydrogens (tertiary/aromatic N) is 2. The zero-order chi connectivity index (χ0) is 20.4. The lowest BCUT2D eigenvalue weighted by Crippen LogP contribution is -2.70. The molecule has 0 bridgehead atoms. The van der Waals surface area contributed by atoms with Gasteiger partial charge in [-0.3, -0.25) is 19.3 Å². The predicted octanol–water partition coefficient (Wildman–Crippen LogP) is 0.474. The highest BCUT2D eigenvalue weighted by Gasteiger charge is 2.54. The molecule has 0 aromatic heterocycles. The van der Waals surface area contributed by atoms with E-state index in [0.29, 0.717) is 11.1 Å². The lowest BCUT2D eigenvalue weighted by atomic mass is 10.0. The SMILES string of the molecule is CC(=O)OCC1=C(C(=O)O)N2C(=O)[C@H](NC(=O)c3ccc(C#N)cc3)[C@@H]2SC1. The van der Waals surface area contributed by atoms with Gasteiger partial charge in [-0.25, -0.2) is 4.79 Å². The number of carboxylic acids is 1. The normalized spacial score (nSPS) is 20.6. The van der Waals surface area contributed by atoms with Crippen LogP contribution in [0.4, 0.5) is 0 Å². The van der Waals surface area contributed by atoms with Crippen LogP contribution in [0.15, 0.2) is 35.5 Å². The molecule has 2 heterocycles. The number of nitriles is 1. The third-order valence-electron chi connectivity index (χ3n) is 4.26. The number of carbonyl (C=O) groups excluding carboxylic acids is 3. The van der Waals surface area contributed by atoms with Crippen LogP contribution in [0.25, 0.3) is 0 Å². The Labute approximate surface area is 163 Å². The number of hydrogen-bond acceptors (Lipinski definition) is 7. The number of thioether (sulfide) groups is 1. The fourth-order valence-electron chi connectivity index (χ4n) is 2.90. The van der Waals surface area contributed by atoms with Crippen molar-refractivity contribution in [3.8, 4) is 6.07 Å². The lowest BCUT2D eigenvalue weighted by molar-refractivity contribution is -0.149. The Morgan fingerprint density at radius 2 is 2.04 bits per heavy atom. The molecule has 1 aromatic carbocycles. The molecule has 144 valence electrons. The zero-order valence-corrected chi connectivity index (χ0v) is 15.5. The van der Waals surface area contributed by atoms with Crippen LogP contribution in [0.2, 0.25) is 0 Å². The number of ether oxygens (including phenoxy) is 1. The van der Waals surface area contributed by atoms with Gasteiger partial charge in [-0.05, 0) is 24.3 Å². The molecule has 1 saturated heterocycles. The van der Waals surface area contributed by atoms with Crippen LogP contribution in [0.1, 0.15) is 22.8 Å². The van der Waals surface area contributed by atoms with E-state index in [1.165, 1.54) is 43.0 Å². The highest BCUT2D eigenvalue weighted by atomic mass is 32.2. The first-order chi connectivity index (χ1) is 13.3. The molecule has 0 saturated carbocycles. The Kier molecular flexibility index (Phi) is 5.37. The van der Waals surface area contributed by atoms with Crippen molar-refractivity contribution in [3.63, 3.8) is 0 Å². The van der Waals surface area contributed by atoms with E-state index in [4.69, 9.17) is 10.00 Å². The lowest BCUT2D eigenvalue weighted by Gasteiger charge is -2.49. The maximum atomic E-state index is 12.5. The topological polar surface area (TPSA) is 137 Å². The summed E-state index contributed by atoms with van der Waals surface area (Å²) in [5.74, 6) is -2.62. The summed E-state index contributed by atoms with van der Waals surface area (Å²) in [6, 6.07) is 7.02. The summed E-state index contributed by atoms with van der Waals surface area (Å²) in [6.45, 7) is 1.01. The molecule has 1 aromatic rings. The van der Waals surface area contributed by atoms with Gasteiger partial charge in [0.15, 0.2) is 0 Å². The summed E-state index contributed by atoms with van der Waals surface area (Å²) in [5, 5.41) is 20.3. The van der Waals surface area contributed by atoms with E-state index in [9.17, 15) is 24.3 Å². The number of fused-ring (bicyclic) bond motifs is 1. The summed E-state index contributed by atoms with van der Waals surface area (Å²) in [4.78, 5) is 48.6. The van der Waals surface area contributed by atoms with Crippen molar-refractivity contribution >= 4 is 35.5 Å². The van der Waals surface area contributed by atoms with Gasteiger partial charge in [-0.1, -0.05) is 0 Å². The first-order valence-electron chi connectivity index (χ1n) is 8.18. The second kappa shape index (κ2) is 7.74. The number of β-lactam (4-membered cyclic amide) rings is 1. The molecular formula is C18H15N3O6S. The number of esters is 1. The van der Waals surface area contributed by atoms with Crippen LogP contribution in [0.3, 0.4) is 0 Å². The highest BCUT2D eigenvalue weighted by molar-refractivity contribution is 8.00. The molecule has 0 spiro atoms. The number of nitrogens with one attached hydrogen (secondary N) is 1. The van der Waals surface area contributed by atoms with E-state index in [1.807, 2.05) is 6.07 Å². The molecule has 2 aliphatic heterocycles. The quantitative estimate of drug-likeness (QED) is 0.537. The largest absolute Gasteiger partial charge is 0.477 e. The monoisotopic (exact) mass is 401 g/mol. The number of benzene rings is 1. The van der Waals surface area contributed by atoms with Crippen LogP contribution in [0, 0.1) is 11.3 Å². The predicted molar refractivity (Wildman–Crippen MR) is 96.8 cm³/mol. The first kappa shape index (κ1) is 19.4. The van der Waals surface area contributed by atoms with Crippen LogP contribution in [-0.4, -0.2) is 57.5 Å². The summed E-state index contributed by atoms with van der Waals surface area (Å²) in [7, 11) is 0. The number of aliphatic carboxylic acids is 1. The van der Waals surface area contributed by atoms with Crippen molar-refractivity contribution in [2.45, 2.75) is 18.3 Å². The number of amides is 2. The summed E-state index contributed by atoms with van der Waals surface area (Å²) in [6.07, 6.45) is 0. The highest BCUT2D eigenvalue weighted by Crippen LogP contribution is 2.40. The van der Waals surface area contributed by atoms with Crippen molar-refractivity contribution < 1.29 is 29.0 Å². The molecule has 2 amide bonds. The van der Waals surface area contributed by atoms with Gasteiger partial charge in [0.1, 0.15) is 23.7 Å². The van der Waals surface area contributed by atoms with E-state index in [-0.39, 0.29) is 23.6 Å². The van der Waals surface area contributed by atoms with Crippen molar-refractivity contribution in [2.75, 3.05) is 12.4 Å². The second-order valence-corrected chi connectivity index (χ2v) is 7.19. The molecule has 2 N–H and O–H groups in total. The van der Waals surface area contributed by atoms with Crippen molar-refractivity contribution in [3.05, 3.63) is 46.7 Å². The average molecular weight is 401 g/mol. The molecule has 28 heavy (non-hydrogen) atoms. The second-order valence-electron chi connectivity index (χ2n) is 6.09. The van der Waals surface area contributed by atoms with E-state index in [0.717, 1.165) is 4.90 Å². The Morgan fingerprint density at radius 3 is 2.61 bits per heavy atom. The fourth-order valence-corrected chi connectivity index (χ4v) is 4.23. The molecule has 3 rings (SSSR count). The van der Waals surface area contributed by atoms with E-state index < -0.39 is 35.2 Å². The van der Waals surface area contributed by atoms with Crippen LogP contribution >= 0.6 is 11.8 Å². The van der Waals surface area contributed by atoms with Gasteiger partial charge in [0.25, 0.3) is 11.8 Å². The molecule has 2 aliphatic rings. The Bertz CT molecular complexity index is 934. The number of carboxylic acid groups (broad SMARTS) is 1. The molecule has 2 atom stereocenters. The zero-order valence-electron chi connectivity index (χ0n) is 14.7. The summed E-state index contributed by atoms with van der Waals surface area (Å²) >= 11 is 1.28. The van der Waals surface area contributed by atoms with E-state index in [1.54, 1.807) is 0 Å². The Hall–Kier alpha value is -3.32. The van der Waals surface area contributed by atoms with Crippen LogP contribution in [0.5, 0.6) is 0 Å². The van der Waals surface area contributed by atoms with Gasteiger partial charge in [0, 0.05) is 23.8 Å². The number of hydrogen-bond donors (Lipinski definition) is 2. The number of rotatable bonds is 5. The number of carbonyl (C=O) groups is 4. The van der Waals surface area contributed by atoms with E-state index in [2.05, 4.69) is 5.32 Å². The molecule has 9 nitrogen and oxygen atoms in total. The van der Waals surface area contributed by atoms with Crippen molar-refractivity contribution in [1.29, 1.82) is 5.26 Å². The van der Waals surface area contributed by atoms with Gasteiger partial charge >= 0.3 is 11.9 Å². The van der Waals surface area contributed by atoms with Crippen LogP contribution < -0.4 is 5.32 Å². The summed E-state index contributed by atoms with van der Waals surface area (Å²) in [5.41, 5.74) is 0.811. The Morgan fingerprint density at radius 1 is 1.36 bits per heavy atom. The third-order valence-corrected chi connectivity index (χ3v) is 5.60. The first-order valence-corrected chi connectivity index (χ1v) is 9.22. The van der Waals surface area contributed by atoms with E-state index >= 15 is 0 Å². The molecule has 1 fully saturated rings. The minimum atomic E-state index is -1.29. The van der Waals surface area contributed by atoms with Gasteiger partial charge in [-0.2, -0.15) is 5.26 Å². The van der Waals surface area contributed by atoms with Crippen molar-refractivity contribution in [1.82, 2.24) is 10.2 Å². The van der Waals surface area contributed by atoms with Gasteiger partial charge in [0.05, 0.1) is 11.6 Å². The Balaban J connectivity index is 1.74. The molecule has 0 aliphatic carbocycles. The minimum absolute atomic E-state index is 0.206. The smallest absolute Gasteiger partial charge is 0.352 e. The maximum absolute atomic E-state index is 12.5. The molecular weight excluding hydrogens is 386 g/mol. The van der Waals surface area contributed by atoms with Gasteiger partial charge in [-0.15, -0.1) is 11.8 Å². The fraction of sp³-hybridized carbons (Fsp3) is 0.278. The average Bonchev–Trinajstić information content (AvgIpc) is 2.69. The molecule has 0 unspecified atom stereocenters. The van der Waals surface area contributed by atoms with Crippen molar-refractivity contribution in [2.24, 2.45) is 0 Å². The standard InChI is InChI=1S/C18H15N3O6S/c1-9(22)27-7-12-8-28-17-13(16(24)21(17)14(12)18(25)26)20-15(23)11-4-2-10(6-19)3-5-11/h2-5,13,17H,7-8H2,1H3,(H,20,23)(H,25,26)/t13-,17-/m0/s1. The summed E-state index contributed by atoms with van der Waals surface area (Å²) < 4.78 is 4.87.